The number of nitrogens with zero attached hydrogens (tertiary/aromatic N) is 2. The molecule has 2 aliphatic heterocycles. The van der Waals surface area contributed by atoms with Gasteiger partial charge in [0, 0.05) is 23.5 Å². The Morgan fingerprint density at radius 2 is 2.04 bits per heavy atom. The molecule has 0 bridgehead atoms. The normalized spacial score (nSPS) is 22.5. The number of ether oxygens (including phenoxy) is 1. The summed E-state index contributed by atoms with van der Waals surface area (Å²) < 4.78 is 5.20. The van der Waals surface area contributed by atoms with Crippen molar-refractivity contribution in [2.45, 2.75) is 44.6 Å². The van der Waals surface area contributed by atoms with Crippen LogP contribution in [-0.2, 0) is 11.2 Å². The van der Waals surface area contributed by atoms with Crippen molar-refractivity contribution in [3.63, 3.8) is 0 Å². The number of thiazole rings is 1. The number of piperidine rings is 2. The van der Waals surface area contributed by atoms with Crippen LogP contribution in [0, 0.1) is 5.92 Å². The van der Waals surface area contributed by atoms with Gasteiger partial charge in [-0.15, -0.1) is 11.3 Å². The Kier molecular flexibility index (Phi) is 6.27. The van der Waals surface area contributed by atoms with Crippen molar-refractivity contribution in [2.75, 3.05) is 26.7 Å². The molecular formula is C22H29N3O2S. The summed E-state index contributed by atoms with van der Waals surface area (Å²) in [5.74, 6) is 1.52. The lowest BCUT2D eigenvalue weighted by atomic mass is 9.83. The summed E-state index contributed by atoms with van der Waals surface area (Å²) >= 11 is 1.58. The Hall–Kier alpha value is -1.92. The van der Waals surface area contributed by atoms with Gasteiger partial charge in [0.15, 0.2) is 0 Å². The molecule has 28 heavy (non-hydrogen) atoms. The van der Waals surface area contributed by atoms with E-state index in [1.807, 2.05) is 29.6 Å². The van der Waals surface area contributed by atoms with Crippen molar-refractivity contribution >= 4 is 17.2 Å². The van der Waals surface area contributed by atoms with Crippen LogP contribution in [0.4, 0.5) is 0 Å². The number of carbonyl (C=O) groups excluding carboxylic acids is 1. The monoisotopic (exact) mass is 399 g/mol. The lowest BCUT2D eigenvalue weighted by Gasteiger charge is -2.44. The molecule has 3 heterocycles. The molecule has 1 aromatic carbocycles. The molecule has 2 aromatic rings. The number of carbonyl (C=O) groups is 1. The molecule has 1 N–H and O–H groups in total. The van der Waals surface area contributed by atoms with E-state index >= 15 is 0 Å². The molecule has 2 aliphatic rings. The zero-order valence-corrected chi connectivity index (χ0v) is 17.3. The molecule has 1 amide bonds. The molecule has 0 aliphatic carbocycles. The number of amides is 1. The molecule has 4 rings (SSSR count). The number of hydrogen-bond acceptors (Lipinski definition) is 5. The van der Waals surface area contributed by atoms with Gasteiger partial charge in [-0.25, -0.2) is 4.98 Å². The van der Waals surface area contributed by atoms with Gasteiger partial charge in [0.2, 0.25) is 5.91 Å². The summed E-state index contributed by atoms with van der Waals surface area (Å²) in [4.78, 5) is 19.8. The fraction of sp³-hybridized carbons (Fsp3) is 0.545. The lowest BCUT2D eigenvalue weighted by Crippen LogP contribution is -2.51. The van der Waals surface area contributed by atoms with Crippen molar-refractivity contribution < 1.29 is 9.53 Å². The zero-order valence-electron chi connectivity index (χ0n) is 16.5. The number of nitrogens with one attached hydrogen (secondary N) is 1. The molecule has 0 spiro atoms. The molecule has 5 nitrogen and oxygen atoms in total. The number of methoxy groups -OCH3 is 1. The maximum atomic E-state index is 12.5. The van der Waals surface area contributed by atoms with Crippen molar-refractivity contribution in [1.82, 2.24) is 15.2 Å². The van der Waals surface area contributed by atoms with Gasteiger partial charge in [0.25, 0.3) is 0 Å². The standard InChI is InChI=1S/C22H29N3O2S/c1-27-19-9-7-16(8-10-19)22-24-18(15-28-22)13-21(26)23-14-17-5-4-12-25-11-3-2-6-20(17)25/h7-10,15,17,20H,2-6,11-14H2,1H3,(H,23,26). The van der Waals surface area contributed by atoms with Gasteiger partial charge in [-0.1, -0.05) is 6.42 Å². The second-order valence-electron chi connectivity index (χ2n) is 7.85. The largest absolute Gasteiger partial charge is 0.497 e. The molecule has 150 valence electrons. The van der Waals surface area contributed by atoms with Gasteiger partial charge < -0.3 is 15.0 Å². The first-order valence-corrected chi connectivity index (χ1v) is 11.2. The average molecular weight is 400 g/mol. The Balaban J connectivity index is 1.29. The number of hydrogen-bond donors (Lipinski definition) is 1. The van der Waals surface area contributed by atoms with Crippen molar-refractivity contribution in [3.05, 3.63) is 35.3 Å². The second kappa shape index (κ2) is 9.05. The van der Waals surface area contributed by atoms with Crippen LogP contribution in [0.5, 0.6) is 5.75 Å². The fourth-order valence-electron chi connectivity index (χ4n) is 4.54. The first-order chi connectivity index (χ1) is 13.7. The Morgan fingerprint density at radius 3 is 2.86 bits per heavy atom. The number of aromatic nitrogens is 1. The van der Waals surface area contributed by atoms with E-state index in [2.05, 4.69) is 15.2 Å². The predicted octanol–water partition coefficient (Wildman–Crippen LogP) is 3.74. The highest BCUT2D eigenvalue weighted by atomic mass is 32.1. The van der Waals surface area contributed by atoms with Crippen LogP contribution in [0.1, 0.15) is 37.8 Å². The quantitative estimate of drug-likeness (QED) is 0.804. The smallest absolute Gasteiger partial charge is 0.226 e. The molecule has 1 aromatic heterocycles. The fourth-order valence-corrected chi connectivity index (χ4v) is 5.37. The SMILES string of the molecule is COc1ccc(-c2nc(CC(=O)NCC3CCCN4CCCCC34)cs2)cc1. The zero-order chi connectivity index (χ0) is 19.3. The average Bonchev–Trinajstić information content (AvgIpc) is 3.20. The number of benzene rings is 1. The minimum atomic E-state index is 0.0829. The van der Waals surface area contributed by atoms with Crippen LogP contribution in [0.2, 0.25) is 0 Å². The number of fused-ring (bicyclic) bond motifs is 1. The molecular weight excluding hydrogens is 370 g/mol. The van der Waals surface area contributed by atoms with Gasteiger partial charge in [-0.3, -0.25) is 4.79 Å². The van der Waals surface area contributed by atoms with Crippen molar-refractivity contribution in [3.8, 4) is 16.3 Å². The highest BCUT2D eigenvalue weighted by Crippen LogP contribution is 2.30. The first-order valence-electron chi connectivity index (χ1n) is 10.3. The summed E-state index contributed by atoms with van der Waals surface area (Å²) in [7, 11) is 1.66. The van der Waals surface area contributed by atoms with E-state index in [1.54, 1.807) is 18.4 Å². The van der Waals surface area contributed by atoms with E-state index in [0.29, 0.717) is 18.4 Å². The van der Waals surface area contributed by atoms with Crippen LogP contribution in [0.15, 0.2) is 29.6 Å². The van der Waals surface area contributed by atoms with E-state index in [0.717, 1.165) is 28.6 Å². The Labute approximate surface area is 171 Å². The lowest BCUT2D eigenvalue weighted by molar-refractivity contribution is -0.120. The topological polar surface area (TPSA) is 54.5 Å². The van der Waals surface area contributed by atoms with Gasteiger partial charge in [0.05, 0.1) is 19.2 Å². The highest BCUT2D eigenvalue weighted by molar-refractivity contribution is 7.13. The molecule has 2 saturated heterocycles. The van der Waals surface area contributed by atoms with Crippen LogP contribution in [0.25, 0.3) is 10.6 Å². The van der Waals surface area contributed by atoms with Gasteiger partial charge in [0.1, 0.15) is 10.8 Å². The van der Waals surface area contributed by atoms with Crippen LogP contribution < -0.4 is 10.1 Å². The maximum absolute atomic E-state index is 12.5. The maximum Gasteiger partial charge on any atom is 0.226 e. The molecule has 6 heteroatoms. The van der Waals surface area contributed by atoms with Crippen molar-refractivity contribution in [2.24, 2.45) is 5.92 Å². The third-order valence-corrected chi connectivity index (χ3v) is 6.96. The van der Waals surface area contributed by atoms with Crippen molar-refractivity contribution in [1.29, 1.82) is 0 Å². The summed E-state index contributed by atoms with van der Waals surface area (Å²) in [5.41, 5.74) is 1.90. The molecule has 0 saturated carbocycles. The first kappa shape index (κ1) is 19.4. The van der Waals surface area contributed by atoms with Crippen LogP contribution in [-0.4, -0.2) is 48.6 Å². The molecule has 2 fully saturated rings. The van der Waals surface area contributed by atoms with Gasteiger partial charge >= 0.3 is 0 Å². The van der Waals surface area contributed by atoms with E-state index in [1.165, 1.54) is 45.2 Å². The van der Waals surface area contributed by atoms with E-state index in [-0.39, 0.29) is 5.91 Å². The van der Waals surface area contributed by atoms with Crippen LogP contribution >= 0.6 is 11.3 Å². The van der Waals surface area contributed by atoms with E-state index in [9.17, 15) is 4.79 Å². The van der Waals surface area contributed by atoms with Gasteiger partial charge in [-0.2, -0.15) is 0 Å². The summed E-state index contributed by atoms with van der Waals surface area (Å²) in [6.45, 7) is 3.28. The third-order valence-electron chi connectivity index (χ3n) is 6.02. The summed E-state index contributed by atoms with van der Waals surface area (Å²) in [5, 5.41) is 6.11. The van der Waals surface area contributed by atoms with Gasteiger partial charge in [-0.05, 0) is 69.0 Å². The van der Waals surface area contributed by atoms with E-state index < -0.39 is 0 Å². The minimum absolute atomic E-state index is 0.0829. The Bertz CT molecular complexity index is 787. The van der Waals surface area contributed by atoms with Crippen LogP contribution in [0.3, 0.4) is 0 Å². The van der Waals surface area contributed by atoms with E-state index in [4.69, 9.17) is 4.74 Å². The summed E-state index contributed by atoms with van der Waals surface area (Å²) in [6, 6.07) is 8.54. The molecule has 2 unspecified atom stereocenters. The number of rotatable bonds is 6. The minimum Gasteiger partial charge on any atom is -0.497 e. The molecule has 2 atom stereocenters. The molecule has 0 radical (unpaired) electrons. The summed E-state index contributed by atoms with van der Waals surface area (Å²) in [6.07, 6.45) is 6.80. The highest BCUT2D eigenvalue weighted by Gasteiger charge is 2.32. The Morgan fingerprint density at radius 1 is 1.21 bits per heavy atom. The predicted molar refractivity (Wildman–Crippen MR) is 113 cm³/mol. The third kappa shape index (κ3) is 4.55. The second-order valence-corrected chi connectivity index (χ2v) is 8.71.